The lowest BCUT2D eigenvalue weighted by Gasteiger charge is -2.33. The van der Waals surface area contributed by atoms with E-state index in [4.69, 9.17) is 18.9 Å². The second-order valence-electron chi connectivity index (χ2n) is 11.6. The summed E-state index contributed by atoms with van der Waals surface area (Å²) in [6, 6.07) is 15.4. The van der Waals surface area contributed by atoms with Crippen molar-refractivity contribution in [1.82, 2.24) is 0 Å². The van der Waals surface area contributed by atoms with Crippen molar-refractivity contribution >= 4 is 0 Å². The summed E-state index contributed by atoms with van der Waals surface area (Å²) < 4.78 is 25.2. The van der Waals surface area contributed by atoms with Crippen LogP contribution < -0.4 is 18.9 Å². The lowest BCUT2D eigenvalue weighted by Crippen LogP contribution is -2.20. The molecule has 4 nitrogen and oxygen atoms in total. The SMILES string of the molecule is CC(C)c1cccc2c1OC(c1ccc3c(c1C(C)C)OC(c1ccc4c(c1C(C)C)OCO4)CC3)C2. The van der Waals surface area contributed by atoms with Gasteiger partial charge >= 0.3 is 0 Å². The van der Waals surface area contributed by atoms with Gasteiger partial charge in [-0.25, -0.2) is 0 Å². The smallest absolute Gasteiger partial charge is 0.231 e. The number of benzene rings is 3. The molecule has 3 aromatic carbocycles. The van der Waals surface area contributed by atoms with Gasteiger partial charge in [0.1, 0.15) is 23.7 Å². The lowest BCUT2D eigenvalue weighted by molar-refractivity contribution is 0.167. The van der Waals surface area contributed by atoms with Crippen LogP contribution in [0.5, 0.6) is 23.0 Å². The van der Waals surface area contributed by atoms with E-state index in [1.54, 1.807) is 0 Å². The number of hydrogen-bond acceptors (Lipinski definition) is 4. The lowest BCUT2D eigenvalue weighted by atomic mass is 9.85. The molecule has 0 saturated carbocycles. The Labute approximate surface area is 220 Å². The number of hydrogen-bond donors (Lipinski definition) is 0. The molecule has 3 aliphatic heterocycles. The van der Waals surface area contributed by atoms with Crippen LogP contribution in [0.15, 0.2) is 42.5 Å². The fraction of sp³-hybridized carbons (Fsp3) is 0.455. The Morgan fingerprint density at radius 1 is 0.649 bits per heavy atom. The summed E-state index contributed by atoms with van der Waals surface area (Å²) in [4.78, 5) is 0. The third kappa shape index (κ3) is 4.05. The van der Waals surface area contributed by atoms with Crippen molar-refractivity contribution < 1.29 is 18.9 Å². The van der Waals surface area contributed by atoms with Crippen molar-refractivity contribution in [2.75, 3.05) is 6.79 Å². The molecule has 3 aliphatic rings. The minimum atomic E-state index is -0.0126. The van der Waals surface area contributed by atoms with Crippen molar-refractivity contribution in [1.29, 1.82) is 0 Å². The largest absolute Gasteiger partial charge is 0.485 e. The summed E-state index contributed by atoms with van der Waals surface area (Å²) >= 11 is 0. The van der Waals surface area contributed by atoms with E-state index in [0.717, 1.165) is 42.3 Å². The van der Waals surface area contributed by atoms with E-state index >= 15 is 0 Å². The van der Waals surface area contributed by atoms with Crippen LogP contribution in [-0.4, -0.2) is 6.79 Å². The van der Waals surface area contributed by atoms with Crippen LogP contribution >= 0.6 is 0 Å². The summed E-state index contributed by atoms with van der Waals surface area (Å²) in [5, 5.41) is 0. The van der Waals surface area contributed by atoms with Crippen molar-refractivity contribution in [3.63, 3.8) is 0 Å². The number of para-hydroxylation sites is 1. The molecule has 0 aliphatic carbocycles. The van der Waals surface area contributed by atoms with Gasteiger partial charge in [0.2, 0.25) is 6.79 Å². The topological polar surface area (TPSA) is 36.9 Å². The zero-order valence-electron chi connectivity index (χ0n) is 22.9. The van der Waals surface area contributed by atoms with Crippen LogP contribution in [0.3, 0.4) is 0 Å². The zero-order chi connectivity index (χ0) is 25.8. The second kappa shape index (κ2) is 9.31. The van der Waals surface area contributed by atoms with Crippen molar-refractivity contribution in [3.8, 4) is 23.0 Å². The van der Waals surface area contributed by atoms with Crippen molar-refractivity contribution in [2.45, 2.75) is 90.8 Å². The van der Waals surface area contributed by atoms with Crippen LogP contribution in [0, 0.1) is 0 Å². The Bertz CT molecular complexity index is 1340. The Balaban J connectivity index is 1.38. The third-order valence-electron chi connectivity index (χ3n) is 8.12. The van der Waals surface area contributed by atoms with E-state index in [-0.39, 0.29) is 19.0 Å². The van der Waals surface area contributed by atoms with Gasteiger partial charge in [-0.15, -0.1) is 0 Å². The standard InChI is InChI=1S/C33H38O4/c1-18(2)23-9-7-8-22-16-28(37-31(22)23)25-12-10-21-11-14-26(36-32(21)29(25)19(3)4)24-13-15-27-33(35-17-34-27)30(24)20(5)6/h7-10,12-13,15,18-20,26,28H,11,14,16-17H2,1-6H3. The predicted molar refractivity (Wildman–Crippen MR) is 146 cm³/mol. The number of rotatable bonds is 5. The number of fused-ring (bicyclic) bond motifs is 3. The maximum atomic E-state index is 6.95. The van der Waals surface area contributed by atoms with Crippen LogP contribution in [0.4, 0.5) is 0 Å². The first-order chi connectivity index (χ1) is 17.8. The summed E-state index contributed by atoms with van der Waals surface area (Å²) in [5.74, 6) is 4.93. The molecule has 3 aromatic rings. The van der Waals surface area contributed by atoms with Gasteiger partial charge in [0.25, 0.3) is 0 Å². The predicted octanol–water partition coefficient (Wildman–Crippen LogP) is 8.53. The molecule has 0 radical (unpaired) electrons. The summed E-state index contributed by atoms with van der Waals surface area (Å²) in [5.41, 5.74) is 8.88. The third-order valence-corrected chi connectivity index (χ3v) is 8.12. The highest BCUT2D eigenvalue weighted by Crippen LogP contribution is 2.50. The van der Waals surface area contributed by atoms with Crippen molar-refractivity contribution in [2.24, 2.45) is 0 Å². The van der Waals surface area contributed by atoms with Crippen LogP contribution in [0.1, 0.15) is 117 Å². The van der Waals surface area contributed by atoms with Gasteiger partial charge in [0.15, 0.2) is 11.5 Å². The van der Waals surface area contributed by atoms with Gasteiger partial charge in [-0.3, -0.25) is 0 Å². The van der Waals surface area contributed by atoms with Gasteiger partial charge in [-0.05, 0) is 64.5 Å². The number of ether oxygens (including phenoxy) is 4. The molecule has 0 spiro atoms. The zero-order valence-corrected chi connectivity index (χ0v) is 22.9. The Kier molecular flexibility index (Phi) is 6.09. The highest BCUT2D eigenvalue weighted by Gasteiger charge is 2.35. The minimum absolute atomic E-state index is 0.0124. The molecule has 0 bridgehead atoms. The Hall–Kier alpha value is -3.14. The summed E-state index contributed by atoms with van der Waals surface area (Å²) in [6.45, 7) is 13.7. The summed E-state index contributed by atoms with van der Waals surface area (Å²) in [6.07, 6.45) is 2.85. The fourth-order valence-electron chi connectivity index (χ4n) is 6.39. The molecule has 37 heavy (non-hydrogen) atoms. The van der Waals surface area contributed by atoms with Gasteiger partial charge in [0, 0.05) is 17.5 Å². The molecule has 0 aromatic heterocycles. The molecule has 0 N–H and O–H groups in total. The molecule has 4 heteroatoms. The quantitative estimate of drug-likeness (QED) is 0.353. The molecule has 3 heterocycles. The van der Waals surface area contributed by atoms with E-state index in [9.17, 15) is 0 Å². The minimum Gasteiger partial charge on any atom is -0.485 e. The first-order valence-corrected chi connectivity index (χ1v) is 13.9. The molecule has 194 valence electrons. The molecular weight excluding hydrogens is 460 g/mol. The highest BCUT2D eigenvalue weighted by molar-refractivity contribution is 5.57. The molecule has 0 fully saturated rings. The average molecular weight is 499 g/mol. The Morgan fingerprint density at radius 2 is 1.35 bits per heavy atom. The van der Waals surface area contributed by atoms with Crippen LogP contribution in [0.2, 0.25) is 0 Å². The molecule has 0 amide bonds. The van der Waals surface area contributed by atoms with Crippen molar-refractivity contribution in [3.05, 3.63) is 81.4 Å². The van der Waals surface area contributed by atoms with E-state index in [0.29, 0.717) is 17.8 Å². The molecule has 2 unspecified atom stereocenters. The van der Waals surface area contributed by atoms with Gasteiger partial charge in [-0.2, -0.15) is 0 Å². The molecular formula is C33H38O4. The van der Waals surface area contributed by atoms with E-state index in [1.165, 1.54) is 38.9 Å². The number of aryl methyl sites for hydroxylation is 1. The second-order valence-corrected chi connectivity index (χ2v) is 11.6. The highest BCUT2D eigenvalue weighted by atomic mass is 16.7. The Morgan fingerprint density at radius 3 is 2.11 bits per heavy atom. The van der Waals surface area contributed by atoms with E-state index < -0.39 is 0 Å². The van der Waals surface area contributed by atoms with E-state index in [1.807, 2.05) is 6.07 Å². The van der Waals surface area contributed by atoms with Crippen LogP contribution in [-0.2, 0) is 12.8 Å². The average Bonchev–Trinajstić information content (AvgIpc) is 3.53. The first kappa shape index (κ1) is 24.2. The van der Waals surface area contributed by atoms with E-state index in [2.05, 4.69) is 77.9 Å². The summed E-state index contributed by atoms with van der Waals surface area (Å²) in [7, 11) is 0. The molecule has 2 atom stereocenters. The van der Waals surface area contributed by atoms with Gasteiger partial charge in [0.05, 0.1) is 0 Å². The van der Waals surface area contributed by atoms with Crippen LogP contribution in [0.25, 0.3) is 0 Å². The van der Waals surface area contributed by atoms with Gasteiger partial charge < -0.3 is 18.9 Å². The molecule has 0 saturated heterocycles. The van der Waals surface area contributed by atoms with Gasteiger partial charge in [-0.1, -0.05) is 77.9 Å². The molecule has 6 rings (SSSR count). The monoisotopic (exact) mass is 498 g/mol. The normalized spacial score (nSPS) is 19.7. The first-order valence-electron chi connectivity index (χ1n) is 13.9. The fourth-order valence-corrected chi connectivity index (χ4v) is 6.39. The maximum absolute atomic E-state index is 6.95. The maximum Gasteiger partial charge on any atom is 0.231 e.